The molecule has 0 saturated carbocycles. The summed E-state index contributed by atoms with van der Waals surface area (Å²) >= 11 is 6.05. The molecule has 92 valence electrons. The Morgan fingerprint density at radius 1 is 1.00 bits per heavy atom. The van der Waals surface area contributed by atoms with Crippen molar-refractivity contribution in [3.63, 3.8) is 0 Å². The summed E-state index contributed by atoms with van der Waals surface area (Å²) in [4.78, 5) is 0. The van der Waals surface area contributed by atoms with Crippen molar-refractivity contribution in [2.24, 2.45) is 0 Å². The summed E-state index contributed by atoms with van der Waals surface area (Å²) in [5.74, 6) is 0.657. The van der Waals surface area contributed by atoms with Gasteiger partial charge in [0.1, 0.15) is 0 Å². The summed E-state index contributed by atoms with van der Waals surface area (Å²) in [7, 11) is 0. The van der Waals surface area contributed by atoms with Gasteiger partial charge in [0.2, 0.25) is 0 Å². The Bertz CT molecular complexity index is 544. The minimum absolute atomic E-state index is 0.657. The molecule has 0 aromatic heterocycles. The fraction of sp³-hybridized carbons (Fsp3) is 0.250. The SMILES string of the molecule is Clc1cccc(-c2cccc(C3CCNC3)c2)c1. The van der Waals surface area contributed by atoms with E-state index in [1.54, 1.807) is 0 Å². The van der Waals surface area contributed by atoms with Crippen LogP contribution in [0.4, 0.5) is 0 Å². The van der Waals surface area contributed by atoms with Gasteiger partial charge in [-0.25, -0.2) is 0 Å². The summed E-state index contributed by atoms with van der Waals surface area (Å²) < 4.78 is 0. The van der Waals surface area contributed by atoms with E-state index in [9.17, 15) is 0 Å². The van der Waals surface area contributed by atoms with Crippen LogP contribution in [-0.4, -0.2) is 13.1 Å². The van der Waals surface area contributed by atoms with Crippen LogP contribution in [0.5, 0.6) is 0 Å². The standard InChI is InChI=1S/C16H16ClN/c17-16-6-2-5-14(10-16)12-3-1-4-13(9-12)15-7-8-18-11-15/h1-6,9-10,15,18H,7-8,11H2. The van der Waals surface area contributed by atoms with Crippen molar-refractivity contribution in [1.82, 2.24) is 5.32 Å². The molecule has 0 amide bonds. The van der Waals surface area contributed by atoms with Crippen molar-refractivity contribution >= 4 is 11.6 Å². The molecule has 1 N–H and O–H groups in total. The molecule has 0 spiro atoms. The predicted molar refractivity (Wildman–Crippen MR) is 77.1 cm³/mol. The topological polar surface area (TPSA) is 12.0 Å². The Morgan fingerprint density at radius 2 is 1.78 bits per heavy atom. The fourth-order valence-corrected chi connectivity index (χ4v) is 2.77. The van der Waals surface area contributed by atoms with Gasteiger partial charge in [-0.05, 0) is 47.7 Å². The van der Waals surface area contributed by atoms with E-state index in [1.807, 2.05) is 18.2 Å². The second kappa shape index (κ2) is 5.13. The van der Waals surface area contributed by atoms with Gasteiger partial charge in [-0.3, -0.25) is 0 Å². The van der Waals surface area contributed by atoms with E-state index in [0.717, 1.165) is 18.1 Å². The predicted octanol–water partition coefficient (Wildman–Crippen LogP) is 4.08. The minimum atomic E-state index is 0.657. The van der Waals surface area contributed by atoms with E-state index in [1.165, 1.54) is 23.1 Å². The Hall–Kier alpha value is -1.31. The second-order valence-corrected chi connectivity index (χ2v) is 5.26. The van der Waals surface area contributed by atoms with Gasteiger partial charge < -0.3 is 5.32 Å². The third kappa shape index (κ3) is 2.43. The third-order valence-corrected chi connectivity index (χ3v) is 3.81. The van der Waals surface area contributed by atoms with Gasteiger partial charge in [0.15, 0.2) is 0 Å². The highest BCUT2D eigenvalue weighted by molar-refractivity contribution is 6.30. The molecule has 1 saturated heterocycles. The second-order valence-electron chi connectivity index (χ2n) is 4.83. The van der Waals surface area contributed by atoms with Crippen LogP contribution >= 0.6 is 11.6 Å². The van der Waals surface area contributed by atoms with Gasteiger partial charge in [-0.1, -0.05) is 48.0 Å². The van der Waals surface area contributed by atoms with Crippen LogP contribution in [0.3, 0.4) is 0 Å². The summed E-state index contributed by atoms with van der Waals surface area (Å²) in [6.45, 7) is 2.23. The third-order valence-electron chi connectivity index (χ3n) is 3.58. The lowest BCUT2D eigenvalue weighted by atomic mass is 9.94. The molecule has 2 heteroatoms. The van der Waals surface area contributed by atoms with E-state index in [0.29, 0.717) is 5.92 Å². The highest BCUT2D eigenvalue weighted by atomic mass is 35.5. The largest absolute Gasteiger partial charge is 0.316 e. The van der Waals surface area contributed by atoms with Crippen LogP contribution in [0.2, 0.25) is 5.02 Å². The molecule has 1 fully saturated rings. The molecule has 18 heavy (non-hydrogen) atoms. The van der Waals surface area contributed by atoms with Crippen molar-refractivity contribution in [2.45, 2.75) is 12.3 Å². The zero-order chi connectivity index (χ0) is 12.4. The van der Waals surface area contributed by atoms with Gasteiger partial charge in [0.25, 0.3) is 0 Å². The summed E-state index contributed by atoms with van der Waals surface area (Å²) in [6.07, 6.45) is 1.24. The smallest absolute Gasteiger partial charge is 0.0412 e. The Balaban J connectivity index is 1.95. The number of hydrogen-bond donors (Lipinski definition) is 1. The average Bonchev–Trinajstić information content (AvgIpc) is 2.93. The number of benzene rings is 2. The van der Waals surface area contributed by atoms with Crippen molar-refractivity contribution in [1.29, 1.82) is 0 Å². The maximum absolute atomic E-state index is 6.05. The summed E-state index contributed by atoms with van der Waals surface area (Å²) in [5.41, 5.74) is 3.87. The van der Waals surface area contributed by atoms with E-state index in [-0.39, 0.29) is 0 Å². The van der Waals surface area contributed by atoms with Crippen LogP contribution < -0.4 is 5.32 Å². The lowest BCUT2D eigenvalue weighted by molar-refractivity contribution is 0.764. The maximum atomic E-state index is 6.05. The minimum Gasteiger partial charge on any atom is -0.316 e. The molecular weight excluding hydrogens is 242 g/mol. The van der Waals surface area contributed by atoms with Crippen molar-refractivity contribution in [3.05, 3.63) is 59.1 Å². The highest BCUT2D eigenvalue weighted by Crippen LogP contribution is 2.28. The molecular formula is C16H16ClN. The van der Waals surface area contributed by atoms with Gasteiger partial charge in [0, 0.05) is 11.6 Å². The number of nitrogens with one attached hydrogen (secondary N) is 1. The molecule has 0 bridgehead atoms. The zero-order valence-corrected chi connectivity index (χ0v) is 11.0. The summed E-state index contributed by atoms with van der Waals surface area (Å²) in [5, 5.41) is 4.21. The molecule has 1 atom stereocenters. The first-order valence-corrected chi connectivity index (χ1v) is 6.77. The highest BCUT2D eigenvalue weighted by Gasteiger charge is 2.16. The monoisotopic (exact) mass is 257 g/mol. The van der Waals surface area contributed by atoms with Crippen LogP contribution in [0.1, 0.15) is 17.9 Å². The van der Waals surface area contributed by atoms with E-state index < -0.39 is 0 Å². The molecule has 2 aromatic rings. The molecule has 1 heterocycles. The van der Waals surface area contributed by atoms with Crippen LogP contribution in [0.15, 0.2) is 48.5 Å². The first kappa shape index (κ1) is 11.8. The zero-order valence-electron chi connectivity index (χ0n) is 10.2. The molecule has 0 aliphatic carbocycles. The molecule has 3 rings (SSSR count). The van der Waals surface area contributed by atoms with Crippen LogP contribution in [0.25, 0.3) is 11.1 Å². The molecule has 1 aliphatic rings. The van der Waals surface area contributed by atoms with Gasteiger partial charge >= 0.3 is 0 Å². The average molecular weight is 258 g/mol. The molecule has 1 unspecified atom stereocenters. The Labute approximate surface area is 113 Å². The van der Waals surface area contributed by atoms with E-state index >= 15 is 0 Å². The van der Waals surface area contributed by atoms with Crippen molar-refractivity contribution < 1.29 is 0 Å². The van der Waals surface area contributed by atoms with Gasteiger partial charge in [0.05, 0.1) is 0 Å². The van der Waals surface area contributed by atoms with Crippen LogP contribution in [0, 0.1) is 0 Å². The van der Waals surface area contributed by atoms with Gasteiger partial charge in [-0.15, -0.1) is 0 Å². The molecule has 0 radical (unpaired) electrons. The van der Waals surface area contributed by atoms with E-state index in [2.05, 4.69) is 35.6 Å². The van der Waals surface area contributed by atoms with Crippen molar-refractivity contribution in [2.75, 3.05) is 13.1 Å². The molecule has 2 aromatic carbocycles. The lowest BCUT2D eigenvalue weighted by Crippen LogP contribution is -2.07. The number of hydrogen-bond acceptors (Lipinski definition) is 1. The number of halogens is 1. The van der Waals surface area contributed by atoms with E-state index in [4.69, 9.17) is 11.6 Å². The van der Waals surface area contributed by atoms with Crippen LogP contribution in [-0.2, 0) is 0 Å². The normalized spacial score (nSPS) is 19.1. The Kier molecular flexibility index (Phi) is 3.35. The first-order chi connectivity index (χ1) is 8.83. The van der Waals surface area contributed by atoms with Gasteiger partial charge in [-0.2, -0.15) is 0 Å². The quantitative estimate of drug-likeness (QED) is 0.855. The Morgan fingerprint density at radius 3 is 2.50 bits per heavy atom. The molecule has 1 aliphatic heterocycles. The molecule has 1 nitrogen and oxygen atoms in total. The fourth-order valence-electron chi connectivity index (χ4n) is 2.58. The maximum Gasteiger partial charge on any atom is 0.0412 e. The lowest BCUT2D eigenvalue weighted by Gasteiger charge is -2.11. The summed E-state index contributed by atoms with van der Waals surface area (Å²) in [6, 6.07) is 16.9. The van der Waals surface area contributed by atoms with Crippen molar-refractivity contribution in [3.8, 4) is 11.1 Å². The number of rotatable bonds is 2. The first-order valence-electron chi connectivity index (χ1n) is 6.39.